The Bertz CT molecular complexity index is 625. The maximum absolute atomic E-state index is 11.3. The van der Waals surface area contributed by atoms with Gasteiger partial charge in [-0.2, -0.15) is 12.6 Å². The minimum absolute atomic E-state index is 0.0354. The Kier molecular flexibility index (Phi) is 5.76. The number of carbonyl (C=O) groups excluding carboxylic acids is 1. The number of hydrogen-bond acceptors (Lipinski definition) is 3. The summed E-state index contributed by atoms with van der Waals surface area (Å²) in [6.45, 7) is 5.94. The zero-order valence-corrected chi connectivity index (χ0v) is 15.0. The fourth-order valence-electron chi connectivity index (χ4n) is 2.39. The molecule has 3 heteroatoms. The molecule has 0 aliphatic rings. The van der Waals surface area contributed by atoms with E-state index < -0.39 is 0 Å². The number of Topliss-reactive ketones (excluding diaryl/α,β-unsaturated/α-hetero) is 1. The van der Waals surface area contributed by atoms with Gasteiger partial charge in [-0.25, -0.2) is 0 Å². The lowest BCUT2D eigenvalue weighted by Crippen LogP contribution is -2.15. The van der Waals surface area contributed by atoms with Gasteiger partial charge in [-0.3, -0.25) is 4.79 Å². The van der Waals surface area contributed by atoms with E-state index in [-0.39, 0.29) is 10.5 Å². The van der Waals surface area contributed by atoms with Gasteiger partial charge in [-0.15, -0.1) is 0 Å². The van der Waals surface area contributed by atoms with Gasteiger partial charge in [-0.1, -0.05) is 49.9 Å². The summed E-state index contributed by atoms with van der Waals surface area (Å²) in [5, 5.41) is 0. The number of hydrogen-bond donors (Lipinski definition) is 1. The van der Waals surface area contributed by atoms with E-state index in [1.54, 1.807) is 18.7 Å². The highest BCUT2D eigenvalue weighted by atomic mass is 32.2. The second-order valence-corrected chi connectivity index (χ2v) is 7.45. The number of benzene rings is 2. The summed E-state index contributed by atoms with van der Waals surface area (Å²) in [6, 6.07) is 16.4. The summed E-state index contributed by atoms with van der Waals surface area (Å²) in [5.41, 5.74) is 2.03. The minimum atomic E-state index is -0.0354. The Morgan fingerprint density at radius 2 is 1.41 bits per heavy atom. The Balaban J connectivity index is 2.12. The second kappa shape index (κ2) is 7.38. The molecule has 116 valence electrons. The van der Waals surface area contributed by atoms with Crippen LogP contribution in [0.25, 0.3) is 0 Å². The van der Waals surface area contributed by atoms with Crippen LogP contribution >= 0.6 is 24.4 Å². The van der Waals surface area contributed by atoms with Crippen molar-refractivity contribution in [2.75, 3.05) is 0 Å². The van der Waals surface area contributed by atoms with Crippen LogP contribution in [0.5, 0.6) is 0 Å². The Labute approximate surface area is 142 Å². The summed E-state index contributed by atoms with van der Waals surface area (Å²) < 4.78 is -0.0354. The van der Waals surface area contributed by atoms with Crippen LogP contribution in [-0.2, 0) is 4.75 Å². The molecule has 22 heavy (non-hydrogen) atoms. The van der Waals surface area contributed by atoms with Gasteiger partial charge < -0.3 is 0 Å². The topological polar surface area (TPSA) is 17.1 Å². The van der Waals surface area contributed by atoms with Crippen LogP contribution < -0.4 is 0 Å². The minimum Gasteiger partial charge on any atom is -0.295 e. The first-order chi connectivity index (χ1) is 10.5. The van der Waals surface area contributed by atoms with Crippen LogP contribution in [0.2, 0.25) is 0 Å². The second-order valence-electron chi connectivity index (χ2n) is 5.45. The largest absolute Gasteiger partial charge is 0.295 e. The molecular formula is C19H22OS2. The molecular weight excluding hydrogens is 308 g/mol. The fourth-order valence-corrected chi connectivity index (χ4v) is 3.35. The molecule has 0 atom stereocenters. The first kappa shape index (κ1) is 17.2. The van der Waals surface area contributed by atoms with Crippen molar-refractivity contribution in [1.82, 2.24) is 0 Å². The third-order valence-corrected chi connectivity index (χ3v) is 5.96. The quantitative estimate of drug-likeness (QED) is 0.518. The van der Waals surface area contributed by atoms with Crippen molar-refractivity contribution in [1.29, 1.82) is 0 Å². The molecule has 0 spiro atoms. The predicted molar refractivity (Wildman–Crippen MR) is 98.3 cm³/mol. The van der Waals surface area contributed by atoms with Crippen molar-refractivity contribution in [3.63, 3.8) is 0 Å². The fraction of sp³-hybridized carbons (Fsp3) is 0.316. The van der Waals surface area contributed by atoms with E-state index in [4.69, 9.17) is 12.6 Å². The summed E-state index contributed by atoms with van der Waals surface area (Å²) in [6.07, 6.45) is 2.04. The van der Waals surface area contributed by atoms with Crippen LogP contribution in [0.15, 0.2) is 58.3 Å². The third-order valence-electron chi connectivity index (χ3n) is 4.06. The Morgan fingerprint density at radius 3 is 1.82 bits per heavy atom. The molecule has 0 aliphatic carbocycles. The molecule has 2 rings (SSSR count). The molecule has 0 N–H and O–H groups in total. The average Bonchev–Trinajstić information content (AvgIpc) is 2.55. The highest BCUT2D eigenvalue weighted by molar-refractivity contribution is 7.99. The van der Waals surface area contributed by atoms with Crippen molar-refractivity contribution in [3.05, 3.63) is 59.7 Å². The highest BCUT2D eigenvalue weighted by Gasteiger charge is 2.23. The summed E-state index contributed by atoms with van der Waals surface area (Å²) in [7, 11) is 0. The maximum atomic E-state index is 11.3. The molecule has 0 saturated carbocycles. The van der Waals surface area contributed by atoms with Gasteiger partial charge >= 0.3 is 0 Å². The standard InChI is InChI=1S/C19H22OS2/c1-4-19(21,5-2)16-8-12-18(13-9-16)22-17-10-6-15(7-11-17)14(3)20/h6-13,21H,4-5H2,1-3H3. The number of ketones is 1. The Hall–Kier alpha value is -1.19. The van der Waals surface area contributed by atoms with E-state index in [0.717, 1.165) is 23.3 Å². The SMILES string of the molecule is CCC(S)(CC)c1ccc(Sc2ccc(C(C)=O)cc2)cc1. The summed E-state index contributed by atoms with van der Waals surface area (Å²) >= 11 is 6.54. The molecule has 0 bridgehead atoms. The van der Waals surface area contributed by atoms with Gasteiger partial charge in [0.25, 0.3) is 0 Å². The van der Waals surface area contributed by atoms with Crippen molar-refractivity contribution in [2.24, 2.45) is 0 Å². The molecule has 0 aliphatic heterocycles. The van der Waals surface area contributed by atoms with Crippen LogP contribution in [0, 0.1) is 0 Å². The molecule has 0 heterocycles. The number of thiol groups is 1. The van der Waals surface area contributed by atoms with Gasteiger partial charge in [0.05, 0.1) is 0 Å². The molecule has 0 amide bonds. The molecule has 0 radical (unpaired) electrons. The van der Waals surface area contributed by atoms with Gasteiger partial charge in [0.1, 0.15) is 0 Å². The third kappa shape index (κ3) is 3.96. The summed E-state index contributed by atoms with van der Waals surface area (Å²) in [4.78, 5) is 13.6. The molecule has 2 aromatic carbocycles. The maximum Gasteiger partial charge on any atom is 0.159 e. The van der Waals surface area contributed by atoms with Gasteiger partial charge in [0, 0.05) is 20.1 Å². The van der Waals surface area contributed by atoms with E-state index >= 15 is 0 Å². The molecule has 0 saturated heterocycles. The lowest BCUT2D eigenvalue weighted by Gasteiger charge is -2.26. The molecule has 1 nitrogen and oxygen atoms in total. The zero-order chi connectivity index (χ0) is 16.2. The first-order valence-electron chi connectivity index (χ1n) is 7.60. The highest BCUT2D eigenvalue weighted by Crippen LogP contribution is 2.37. The van der Waals surface area contributed by atoms with Gasteiger partial charge in [0.2, 0.25) is 0 Å². The predicted octanol–water partition coefficient (Wildman–Crippen LogP) is 5.99. The van der Waals surface area contributed by atoms with E-state index in [2.05, 4.69) is 38.1 Å². The monoisotopic (exact) mass is 330 g/mol. The first-order valence-corrected chi connectivity index (χ1v) is 8.86. The van der Waals surface area contributed by atoms with Crippen LogP contribution in [0.3, 0.4) is 0 Å². The van der Waals surface area contributed by atoms with Crippen LogP contribution in [0.1, 0.15) is 49.5 Å². The van der Waals surface area contributed by atoms with Crippen molar-refractivity contribution < 1.29 is 4.79 Å². The van der Waals surface area contributed by atoms with Crippen molar-refractivity contribution in [3.8, 4) is 0 Å². The Morgan fingerprint density at radius 1 is 0.955 bits per heavy atom. The number of rotatable bonds is 6. The molecule has 0 aromatic heterocycles. The molecule has 0 unspecified atom stereocenters. The summed E-state index contributed by atoms with van der Waals surface area (Å²) in [5.74, 6) is 0.102. The van der Waals surface area contributed by atoms with E-state index in [1.807, 2.05) is 24.3 Å². The van der Waals surface area contributed by atoms with E-state index in [9.17, 15) is 4.79 Å². The van der Waals surface area contributed by atoms with Crippen molar-refractivity contribution in [2.45, 2.75) is 48.2 Å². The average molecular weight is 331 g/mol. The van der Waals surface area contributed by atoms with Gasteiger partial charge in [-0.05, 0) is 49.6 Å². The van der Waals surface area contributed by atoms with E-state index in [1.165, 1.54) is 10.5 Å². The normalized spacial score (nSPS) is 11.5. The molecule has 0 fully saturated rings. The lowest BCUT2D eigenvalue weighted by molar-refractivity contribution is 0.101. The molecule has 2 aromatic rings. The zero-order valence-electron chi connectivity index (χ0n) is 13.3. The van der Waals surface area contributed by atoms with Crippen molar-refractivity contribution >= 4 is 30.2 Å². The lowest BCUT2D eigenvalue weighted by atomic mass is 9.93. The number of carbonyl (C=O) groups is 1. The smallest absolute Gasteiger partial charge is 0.159 e. The van der Waals surface area contributed by atoms with Gasteiger partial charge in [0.15, 0.2) is 5.78 Å². The van der Waals surface area contributed by atoms with Crippen LogP contribution in [0.4, 0.5) is 0 Å². The van der Waals surface area contributed by atoms with Crippen LogP contribution in [-0.4, -0.2) is 5.78 Å². The van der Waals surface area contributed by atoms with E-state index in [0.29, 0.717) is 0 Å².